The third-order valence-electron chi connectivity index (χ3n) is 2.99. The van der Waals surface area contributed by atoms with Gasteiger partial charge in [0.15, 0.2) is 5.82 Å². The first-order valence-corrected chi connectivity index (χ1v) is 5.74. The largest absolute Gasteiger partial charge is 0.478 e. The summed E-state index contributed by atoms with van der Waals surface area (Å²) >= 11 is 0. The predicted octanol–water partition coefficient (Wildman–Crippen LogP) is 1.80. The average molecular weight is 276 g/mol. The highest BCUT2D eigenvalue weighted by molar-refractivity contribution is 5.90. The average Bonchev–Trinajstić information content (AvgIpc) is 2.64. The number of carboxylic acid groups (broad SMARTS) is 1. The molecule has 0 aliphatic rings. The first kappa shape index (κ1) is 13.7. The summed E-state index contributed by atoms with van der Waals surface area (Å²) < 4.78 is 1.37. The van der Waals surface area contributed by atoms with E-state index in [4.69, 9.17) is 5.11 Å². The van der Waals surface area contributed by atoms with Gasteiger partial charge in [0.05, 0.1) is 16.3 Å². The van der Waals surface area contributed by atoms with Gasteiger partial charge >= 0.3 is 5.97 Å². The van der Waals surface area contributed by atoms with Crippen molar-refractivity contribution in [3.05, 3.63) is 44.9 Å². The van der Waals surface area contributed by atoms with Crippen LogP contribution in [0.15, 0.2) is 12.3 Å². The minimum atomic E-state index is -1.06. The molecule has 2 aromatic heterocycles. The van der Waals surface area contributed by atoms with E-state index < -0.39 is 10.9 Å². The lowest BCUT2D eigenvalue weighted by Crippen LogP contribution is -2.05. The summed E-state index contributed by atoms with van der Waals surface area (Å²) in [6.07, 6.45) is 1.14. The van der Waals surface area contributed by atoms with Gasteiger partial charge in [-0.1, -0.05) is 0 Å². The minimum Gasteiger partial charge on any atom is -0.478 e. The van der Waals surface area contributed by atoms with Gasteiger partial charge in [-0.3, -0.25) is 10.1 Å². The number of aromatic nitrogens is 3. The molecule has 20 heavy (non-hydrogen) atoms. The standard InChI is InChI=1S/C12H12N4O4/c1-6-4-10(13-5-9(6)16(19)20)15-8(3)11(12(17)18)7(2)14-15/h4-5H,1-3H3,(H,17,18). The summed E-state index contributed by atoms with van der Waals surface area (Å²) in [5.41, 5.74) is 1.25. The van der Waals surface area contributed by atoms with Crippen LogP contribution in [0, 0.1) is 30.9 Å². The van der Waals surface area contributed by atoms with Crippen LogP contribution in [0.4, 0.5) is 5.69 Å². The van der Waals surface area contributed by atoms with Crippen molar-refractivity contribution < 1.29 is 14.8 Å². The Morgan fingerprint density at radius 3 is 2.50 bits per heavy atom. The Hall–Kier alpha value is -2.77. The van der Waals surface area contributed by atoms with Gasteiger partial charge in [0.2, 0.25) is 0 Å². The fourth-order valence-corrected chi connectivity index (χ4v) is 2.02. The maximum atomic E-state index is 11.1. The van der Waals surface area contributed by atoms with Gasteiger partial charge in [0.1, 0.15) is 11.8 Å². The maximum Gasteiger partial charge on any atom is 0.339 e. The smallest absolute Gasteiger partial charge is 0.339 e. The first-order valence-electron chi connectivity index (χ1n) is 5.74. The van der Waals surface area contributed by atoms with Crippen LogP contribution >= 0.6 is 0 Å². The van der Waals surface area contributed by atoms with Gasteiger partial charge in [0, 0.05) is 5.56 Å². The highest BCUT2D eigenvalue weighted by Crippen LogP contribution is 2.21. The second kappa shape index (κ2) is 4.72. The molecule has 0 saturated carbocycles. The van der Waals surface area contributed by atoms with E-state index >= 15 is 0 Å². The Bertz CT molecular complexity index is 720. The molecular weight excluding hydrogens is 264 g/mol. The molecule has 0 unspecified atom stereocenters. The third-order valence-corrected chi connectivity index (χ3v) is 2.99. The van der Waals surface area contributed by atoms with Crippen LogP contribution in [0.2, 0.25) is 0 Å². The normalized spacial score (nSPS) is 10.6. The quantitative estimate of drug-likeness (QED) is 0.675. The molecule has 0 bridgehead atoms. The minimum absolute atomic E-state index is 0.0891. The van der Waals surface area contributed by atoms with E-state index in [9.17, 15) is 14.9 Å². The summed E-state index contributed by atoms with van der Waals surface area (Å²) in [5.74, 6) is -0.717. The fourth-order valence-electron chi connectivity index (χ4n) is 2.02. The van der Waals surface area contributed by atoms with Crippen molar-refractivity contribution in [1.29, 1.82) is 0 Å². The zero-order valence-electron chi connectivity index (χ0n) is 11.1. The van der Waals surface area contributed by atoms with Gasteiger partial charge in [-0.2, -0.15) is 5.10 Å². The van der Waals surface area contributed by atoms with E-state index in [1.807, 2.05) is 0 Å². The summed E-state index contributed by atoms with van der Waals surface area (Å²) in [4.78, 5) is 25.3. The number of nitrogens with zero attached hydrogens (tertiary/aromatic N) is 4. The Labute approximate surface area is 113 Å². The maximum absolute atomic E-state index is 11.1. The Balaban J connectivity index is 2.58. The number of rotatable bonds is 3. The molecule has 0 aliphatic heterocycles. The molecule has 2 rings (SSSR count). The van der Waals surface area contributed by atoms with Crippen LogP contribution in [-0.4, -0.2) is 30.8 Å². The molecule has 0 spiro atoms. The van der Waals surface area contributed by atoms with Crippen LogP contribution < -0.4 is 0 Å². The fraction of sp³-hybridized carbons (Fsp3) is 0.250. The van der Waals surface area contributed by atoms with Crippen molar-refractivity contribution in [3.8, 4) is 5.82 Å². The molecule has 8 nitrogen and oxygen atoms in total. The number of hydrogen-bond donors (Lipinski definition) is 1. The molecule has 0 amide bonds. The summed E-state index contributed by atoms with van der Waals surface area (Å²) in [5, 5.41) is 24.0. The van der Waals surface area contributed by atoms with Crippen molar-refractivity contribution in [2.75, 3.05) is 0 Å². The molecule has 104 valence electrons. The van der Waals surface area contributed by atoms with Gasteiger partial charge in [-0.15, -0.1) is 0 Å². The molecular formula is C12H12N4O4. The monoisotopic (exact) mass is 276 g/mol. The molecule has 0 aliphatic carbocycles. The highest BCUT2D eigenvalue weighted by Gasteiger charge is 2.20. The molecule has 0 saturated heterocycles. The number of hydrogen-bond acceptors (Lipinski definition) is 5. The number of carboxylic acids is 1. The van der Waals surface area contributed by atoms with Crippen molar-refractivity contribution in [2.45, 2.75) is 20.8 Å². The van der Waals surface area contributed by atoms with Crippen LogP contribution in [0.1, 0.15) is 27.3 Å². The summed E-state index contributed by atoms with van der Waals surface area (Å²) in [6, 6.07) is 1.50. The Morgan fingerprint density at radius 2 is 2.05 bits per heavy atom. The lowest BCUT2D eigenvalue weighted by atomic mass is 10.2. The van der Waals surface area contributed by atoms with Gasteiger partial charge in [-0.05, 0) is 26.8 Å². The Morgan fingerprint density at radius 1 is 1.40 bits per heavy atom. The second-order valence-corrected chi connectivity index (χ2v) is 4.35. The third kappa shape index (κ3) is 2.11. The van der Waals surface area contributed by atoms with E-state index in [-0.39, 0.29) is 11.3 Å². The Kier molecular flexibility index (Phi) is 3.23. The molecule has 2 aromatic rings. The first-order chi connectivity index (χ1) is 9.32. The van der Waals surface area contributed by atoms with E-state index in [1.54, 1.807) is 20.8 Å². The van der Waals surface area contributed by atoms with Crippen LogP contribution in [-0.2, 0) is 0 Å². The van der Waals surface area contributed by atoms with Crippen molar-refractivity contribution >= 4 is 11.7 Å². The highest BCUT2D eigenvalue weighted by atomic mass is 16.6. The van der Waals surface area contributed by atoms with E-state index in [0.717, 1.165) is 6.20 Å². The van der Waals surface area contributed by atoms with E-state index in [2.05, 4.69) is 10.1 Å². The molecule has 0 fully saturated rings. The van der Waals surface area contributed by atoms with Crippen molar-refractivity contribution in [1.82, 2.24) is 14.8 Å². The molecule has 1 N–H and O–H groups in total. The molecule has 0 aromatic carbocycles. The summed E-state index contributed by atoms with van der Waals surface area (Å²) in [6.45, 7) is 4.79. The van der Waals surface area contributed by atoms with Gasteiger partial charge in [0.25, 0.3) is 5.69 Å². The van der Waals surface area contributed by atoms with Gasteiger partial charge in [-0.25, -0.2) is 14.5 Å². The number of pyridine rings is 1. The number of nitro groups is 1. The molecule has 0 radical (unpaired) electrons. The predicted molar refractivity (Wildman–Crippen MR) is 69.2 cm³/mol. The van der Waals surface area contributed by atoms with E-state index in [0.29, 0.717) is 22.8 Å². The zero-order valence-corrected chi connectivity index (χ0v) is 11.1. The van der Waals surface area contributed by atoms with Gasteiger partial charge < -0.3 is 5.11 Å². The summed E-state index contributed by atoms with van der Waals surface area (Å²) in [7, 11) is 0. The van der Waals surface area contributed by atoms with Crippen LogP contribution in [0.5, 0.6) is 0 Å². The molecule has 2 heterocycles. The zero-order chi connectivity index (χ0) is 15.0. The van der Waals surface area contributed by atoms with Crippen molar-refractivity contribution in [2.24, 2.45) is 0 Å². The number of aryl methyl sites for hydroxylation is 2. The lowest BCUT2D eigenvalue weighted by Gasteiger charge is -2.04. The van der Waals surface area contributed by atoms with Crippen LogP contribution in [0.25, 0.3) is 5.82 Å². The topological polar surface area (TPSA) is 111 Å². The number of carbonyl (C=O) groups is 1. The lowest BCUT2D eigenvalue weighted by molar-refractivity contribution is -0.385. The van der Waals surface area contributed by atoms with E-state index in [1.165, 1.54) is 10.7 Å². The molecule has 8 heteroatoms. The second-order valence-electron chi connectivity index (χ2n) is 4.35. The van der Waals surface area contributed by atoms with Crippen LogP contribution in [0.3, 0.4) is 0 Å². The SMILES string of the molecule is Cc1cc(-n2nc(C)c(C(=O)O)c2C)ncc1[N+](=O)[O-]. The van der Waals surface area contributed by atoms with Crippen molar-refractivity contribution in [3.63, 3.8) is 0 Å². The molecule has 0 atom stereocenters. The number of aromatic carboxylic acids is 1.